The molecule has 0 unspecified atom stereocenters. The van der Waals surface area contributed by atoms with Crippen LogP contribution in [0, 0.1) is 0 Å². The minimum atomic E-state index is 0.199. The molecule has 0 heterocycles. The molecule has 0 aliphatic heterocycles. The molecule has 0 spiro atoms. The largest absolute Gasteiger partial charge is 0.356 e. The smallest absolute Gasteiger partial charge is 0.219 e. The molecule has 3 heteroatoms. The van der Waals surface area contributed by atoms with E-state index in [9.17, 15) is 4.79 Å². The van der Waals surface area contributed by atoms with E-state index in [0.29, 0.717) is 6.42 Å². The van der Waals surface area contributed by atoms with Crippen LogP contribution in [0.25, 0.3) is 0 Å². The first-order valence-electron chi connectivity index (χ1n) is 5.22. The number of nitrogens with one attached hydrogen (secondary N) is 2. The molecule has 0 aliphatic rings. The molecule has 0 saturated carbocycles. The Morgan fingerprint density at radius 3 is 2.54 bits per heavy atom. The zero-order chi connectivity index (χ0) is 9.94. The monoisotopic (exact) mass is 186 g/mol. The van der Waals surface area contributed by atoms with Crippen molar-refractivity contribution >= 4 is 5.91 Å². The van der Waals surface area contributed by atoms with E-state index in [1.807, 2.05) is 7.05 Å². The summed E-state index contributed by atoms with van der Waals surface area (Å²) < 4.78 is 0. The van der Waals surface area contributed by atoms with Gasteiger partial charge in [0.15, 0.2) is 0 Å². The standard InChI is InChI=1S/C10H22N2O/c1-3-4-5-7-10(13)12-9-6-8-11-2/h11H,3-9H2,1-2H3,(H,12,13). The van der Waals surface area contributed by atoms with Crippen LogP contribution in [0.1, 0.15) is 39.0 Å². The molecule has 0 atom stereocenters. The predicted molar refractivity (Wildman–Crippen MR) is 55.7 cm³/mol. The normalized spacial score (nSPS) is 10.0. The maximum atomic E-state index is 11.1. The lowest BCUT2D eigenvalue weighted by Gasteiger charge is -2.03. The van der Waals surface area contributed by atoms with Gasteiger partial charge in [0.1, 0.15) is 0 Å². The minimum Gasteiger partial charge on any atom is -0.356 e. The number of unbranched alkanes of at least 4 members (excludes halogenated alkanes) is 2. The van der Waals surface area contributed by atoms with Crippen LogP contribution >= 0.6 is 0 Å². The minimum absolute atomic E-state index is 0.199. The van der Waals surface area contributed by atoms with E-state index in [2.05, 4.69) is 17.6 Å². The van der Waals surface area contributed by atoms with Crippen molar-refractivity contribution in [1.82, 2.24) is 10.6 Å². The highest BCUT2D eigenvalue weighted by molar-refractivity contribution is 5.75. The second kappa shape index (κ2) is 9.52. The van der Waals surface area contributed by atoms with Crippen molar-refractivity contribution in [2.75, 3.05) is 20.1 Å². The van der Waals surface area contributed by atoms with Crippen molar-refractivity contribution in [3.8, 4) is 0 Å². The number of rotatable bonds is 8. The maximum absolute atomic E-state index is 11.1. The summed E-state index contributed by atoms with van der Waals surface area (Å²) in [5.41, 5.74) is 0. The molecule has 0 aromatic carbocycles. The van der Waals surface area contributed by atoms with Crippen molar-refractivity contribution in [3.05, 3.63) is 0 Å². The summed E-state index contributed by atoms with van der Waals surface area (Å²) in [5.74, 6) is 0.199. The summed E-state index contributed by atoms with van der Waals surface area (Å²) in [6, 6.07) is 0. The quantitative estimate of drug-likeness (QED) is 0.561. The molecule has 0 fully saturated rings. The third kappa shape index (κ3) is 9.34. The van der Waals surface area contributed by atoms with Crippen LogP contribution in [0.4, 0.5) is 0 Å². The Labute approximate surface area is 81.3 Å². The summed E-state index contributed by atoms with van der Waals surface area (Å²) >= 11 is 0. The highest BCUT2D eigenvalue weighted by atomic mass is 16.1. The van der Waals surface area contributed by atoms with Gasteiger partial charge >= 0.3 is 0 Å². The van der Waals surface area contributed by atoms with E-state index in [1.165, 1.54) is 6.42 Å². The first-order valence-corrected chi connectivity index (χ1v) is 5.22. The Morgan fingerprint density at radius 2 is 1.92 bits per heavy atom. The van der Waals surface area contributed by atoms with E-state index < -0.39 is 0 Å². The maximum Gasteiger partial charge on any atom is 0.219 e. The second-order valence-electron chi connectivity index (χ2n) is 3.26. The van der Waals surface area contributed by atoms with Gasteiger partial charge in [-0.25, -0.2) is 0 Å². The topological polar surface area (TPSA) is 41.1 Å². The Bertz CT molecular complexity index is 126. The van der Waals surface area contributed by atoms with Crippen LogP contribution < -0.4 is 10.6 Å². The van der Waals surface area contributed by atoms with Gasteiger partial charge < -0.3 is 10.6 Å². The lowest BCUT2D eigenvalue weighted by atomic mass is 10.2. The number of hydrogen-bond donors (Lipinski definition) is 2. The van der Waals surface area contributed by atoms with Gasteiger partial charge in [0.05, 0.1) is 0 Å². The highest BCUT2D eigenvalue weighted by Gasteiger charge is 1.98. The van der Waals surface area contributed by atoms with E-state index in [0.717, 1.165) is 32.4 Å². The highest BCUT2D eigenvalue weighted by Crippen LogP contribution is 1.97. The summed E-state index contributed by atoms with van der Waals surface area (Å²) in [7, 11) is 1.92. The summed E-state index contributed by atoms with van der Waals surface area (Å²) in [6.45, 7) is 3.91. The first kappa shape index (κ1) is 12.4. The lowest BCUT2D eigenvalue weighted by Crippen LogP contribution is -2.26. The molecule has 0 aliphatic carbocycles. The van der Waals surface area contributed by atoms with Gasteiger partial charge in [-0.2, -0.15) is 0 Å². The van der Waals surface area contributed by atoms with E-state index in [1.54, 1.807) is 0 Å². The van der Waals surface area contributed by atoms with E-state index in [4.69, 9.17) is 0 Å². The SMILES string of the molecule is CCCCCC(=O)NCCCNC. The summed E-state index contributed by atoms with van der Waals surface area (Å²) in [4.78, 5) is 11.1. The van der Waals surface area contributed by atoms with Crippen LogP contribution in [0.15, 0.2) is 0 Å². The molecule has 0 aromatic rings. The fourth-order valence-corrected chi connectivity index (χ4v) is 1.12. The molecule has 0 bridgehead atoms. The third-order valence-electron chi connectivity index (χ3n) is 1.93. The Hall–Kier alpha value is -0.570. The van der Waals surface area contributed by atoms with Gasteiger partial charge in [-0.05, 0) is 26.4 Å². The fraction of sp³-hybridized carbons (Fsp3) is 0.900. The molecular weight excluding hydrogens is 164 g/mol. The Morgan fingerprint density at radius 1 is 1.15 bits per heavy atom. The van der Waals surface area contributed by atoms with Crippen molar-refractivity contribution in [2.24, 2.45) is 0 Å². The van der Waals surface area contributed by atoms with Crippen LogP contribution in [0.2, 0.25) is 0 Å². The molecule has 0 rings (SSSR count). The van der Waals surface area contributed by atoms with E-state index in [-0.39, 0.29) is 5.91 Å². The first-order chi connectivity index (χ1) is 6.31. The third-order valence-corrected chi connectivity index (χ3v) is 1.93. The van der Waals surface area contributed by atoms with Gasteiger partial charge in [-0.15, -0.1) is 0 Å². The Kier molecular flexibility index (Phi) is 9.10. The number of amides is 1. The molecule has 0 saturated heterocycles. The predicted octanol–water partition coefficient (Wildman–Crippen LogP) is 1.29. The fourth-order valence-electron chi connectivity index (χ4n) is 1.12. The molecule has 1 amide bonds. The number of hydrogen-bond acceptors (Lipinski definition) is 2. The summed E-state index contributed by atoms with van der Waals surface area (Å²) in [6.07, 6.45) is 5.05. The van der Waals surface area contributed by atoms with Gasteiger partial charge in [0, 0.05) is 13.0 Å². The lowest BCUT2D eigenvalue weighted by molar-refractivity contribution is -0.121. The van der Waals surface area contributed by atoms with Gasteiger partial charge in [-0.1, -0.05) is 19.8 Å². The molecule has 0 radical (unpaired) electrons. The molecular formula is C10H22N2O. The molecule has 78 valence electrons. The van der Waals surface area contributed by atoms with Crippen LogP contribution in [-0.4, -0.2) is 26.0 Å². The van der Waals surface area contributed by atoms with Crippen LogP contribution in [0.5, 0.6) is 0 Å². The number of carbonyl (C=O) groups is 1. The van der Waals surface area contributed by atoms with Crippen molar-refractivity contribution < 1.29 is 4.79 Å². The van der Waals surface area contributed by atoms with Gasteiger partial charge in [0.2, 0.25) is 5.91 Å². The second-order valence-corrected chi connectivity index (χ2v) is 3.26. The van der Waals surface area contributed by atoms with Crippen LogP contribution in [-0.2, 0) is 4.79 Å². The zero-order valence-electron chi connectivity index (χ0n) is 8.86. The van der Waals surface area contributed by atoms with Crippen molar-refractivity contribution in [3.63, 3.8) is 0 Å². The summed E-state index contributed by atoms with van der Waals surface area (Å²) in [5, 5.41) is 5.94. The zero-order valence-corrected chi connectivity index (χ0v) is 8.86. The molecule has 3 nitrogen and oxygen atoms in total. The molecule has 13 heavy (non-hydrogen) atoms. The molecule has 0 aromatic heterocycles. The van der Waals surface area contributed by atoms with Gasteiger partial charge in [-0.3, -0.25) is 4.79 Å². The average Bonchev–Trinajstić information content (AvgIpc) is 2.13. The van der Waals surface area contributed by atoms with Crippen molar-refractivity contribution in [2.45, 2.75) is 39.0 Å². The number of carbonyl (C=O) groups excluding carboxylic acids is 1. The Balaban J connectivity index is 3.11. The van der Waals surface area contributed by atoms with Gasteiger partial charge in [0.25, 0.3) is 0 Å². The average molecular weight is 186 g/mol. The van der Waals surface area contributed by atoms with Crippen molar-refractivity contribution in [1.29, 1.82) is 0 Å². The molecule has 2 N–H and O–H groups in total. The van der Waals surface area contributed by atoms with Crippen LogP contribution in [0.3, 0.4) is 0 Å². The van der Waals surface area contributed by atoms with E-state index >= 15 is 0 Å².